The molecule has 0 radical (unpaired) electrons. The minimum absolute atomic E-state index is 0.0937. The van der Waals surface area contributed by atoms with Crippen LogP contribution in [0.25, 0.3) is 11.0 Å². The van der Waals surface area contributed by atoms with Gasteiger partial charge in [0.25, 0.3) is 0 Å². The summed E-state index contributed by atoms with van der Waals surface area (Å²) >= 11 is 0. The van der Waals surface area contributed by atoms with Crippen molar-refractivity contribution in [1.29, 1.82) is 0 Å². The Morgan fingerprint density at radius 1 is 1.41 bits per heavy atom. The lowest BCUT2D eigenvalue weighted by Crippen LogP contribution is -2.18. The molecule has 0 saturated heterocycles. The lowest BCUT2D eigenvalue weighted by Gasteiger charge is -2.12. The molecular formula is C13H19N3O. The van der Waals surface area contributed by atoms with E-state index in [9.17, 15) is 0 Å². The SMILES string of the molecule is CCCn1c(C(N)CCO)nc2ccccc21. The number of fused-ring (bicyclic) bond motifs is 1. The van der Waals surface area contributed by atoms with Crippen LogP contribution in [-0.4, -0.2) is 21.3 Å². The standard InChI is InChI=1S/C13H19N3O/c1-2-8-16-12-6-4-3-5-11(12)15-13(16)10(14)7-9-17/h3-6,10,17H,2,7-9,14H2,1H3. The topological polar surface area (TPSA) is 64.1 Å². The van der Waals surface area contributed by atoms with Gasteiger partial charge in [0.1, 0.15) is 5.82 Å². The van der Waals surface area contributed by atoms with E-state index >= 15 is 0 Å². The van der Waals surface area contributed by atoms with E-state index in [0.29, 0.717) is 6.42 Å². The highest BCUT2D eigenvalue weighted by Gasteiger charge is 2.15. The summed E-state index contributed by atoms with van der Waals surface area (Å²) in [6.45, 7) is 3.14. The maximum atomic E-state index is 8.98. The van der Waals surface area contributed by atoms with Crippen molar-refractivity contribution in [2.45, 2.75) is 32.4 Å². The largest absolute Gasteiger partial charge is 0.396 e. The molecular weight excluding hydrogens is 214 g/mol. The normalized spacial score (nSPS) is 13.1. The third-order valence-electron chi connectivity index (χ3n) is 2.90. The molecule has 4 nitrogen and oxygen atoms in total. The second-order valence-corrected chi connectivity index (χ2v) is 4.23. The number of aromatic nitrogens is 2. The van der Waals surface area contributed by atoms with Crippen molar-refractivity contribution in [3.8, 4) is 0 Å². The predicted octanol–water partition coefficient (Wildman–Crippen LogP) is 1.83. The minimum atomic E-state index is -0.195. The van der Waals surface area contributed by atoms with E-state index in [1.54, 1.807) is 0 Å². The van der Waals surface area contributed by atoms with Crippen LogP contribution in [0.15, 0.2) is 24.3 Å². The fourth-order valence-corrected chi connectivity index (χ4v) is 2.10. The van der Waals surface area contributed by atoms with Gasteiger partial charge in [0.2, 0.25) is 0 Å². The zero-order valence-electron chi connectivity index (χ0n) is 10.1. The number of hydrogen-bond donors (Lipinski definition) is 2. The van der Waals surface area contributed by atoms with Gasteiger partial charge in [-0.3, -0.25) is 0 Å². The van der Waals surface area contributed by atoms with Gasteiger partial charge in [0.05, 0.1) is 17.1 Å². The molecule has 2 rings (SSSR count). The summed E-state index contributed by atoms with van der Waals surface area (Å²) in [4.78, 5) is 4.58. The van der Waals surface area contributed by atoms with Crippen molar-refractivity contribution >= 4 is 11.0 Å². The molecule has 1 aromatic carbocycles. The third kappa shape index (κ3) is 2.33. The molecule has 4 heteroatoms. The van der Waals surface area contributed by atoms with Crippen LogP contribution in [0, 0.1) is 0 Å². The second-order valence-electron chi connectivity index (χ2n) is 4.23. The minimum Gasteiger partial charge on any atom is -0.396 e. The second kappa shape index (κ2) is 5.29. The van der Waals surface area contributed by atoms with Gasteiger partial charge in [0, 0.05) is 13.2 Å². The molecule has 1 atom stereocenters. The average molecular weight is 233 g/mol. The van der Waals surface area contributed by atoms with E-state index in [4.69, 9.17) is 10.8 Å². The molecule has 1 aromatic heterocycles. The fraction of sp³-hybridized carbons (Fsp3) is 0.462. The Morgan fingerprint density at radius 2 is 2.18 bits per heavy atom. The van der Waals surface area contributed by atoms with Crippen LogP contribution < -0.4 is 5.73 Å². The molecule has 17 heavy (non-hydrogen) atoms. The summed E-state index contributed by atoms with van der Waals surface area (Å²) in [5.41, 5.74) is 8.16. The number of nitrogens with zero attached hydrogens (tertiary/aromatic N) is 2. The number of rotatable bonds is 5. The van der Waals surface area contributed by atoms with Crippen LogP contribution in [0.4, 0.5) is 0 Å². The molecule has 0 bridgehead atoms. The van der Waals surface area contributed by atoms with Crippen LogP contribution in [0.2, 0.25) is 0 Å². The van der Waals surface area contributed by atoms with E-state index in [-0.39, 0.29) is 12.6 Å². The van der Waals surface area contributed by atoms with Gasteiger partial charge in [-0.15, -0.1) is 0 Å². The maximum Gasteiger partial charge on any atom is 0.126 e. The summed E-state index contributed by atoms with van der Waals surface area (Å²) in [5, 5.41) is 8.98. The summed E-state index contributed by atoms with van der Waals surface area (Å²) in [5.74, 6) is 0.877. The Balaban J connectivity index is 2.49. The molecule has 3 N–H and O–H groups in total. The smallest absolute Gasteiger partial charge is 0.126 e. The first kappa shape index (κ1) is 12.1. The Bertz CT molecular complexity index is 492. The lowest BCUT2D eigenvalue weighted by molar-refractivity contribution is 0.273. The van der Waals surface area contributed by atoms with Gasteiger partial charge < -0.3 is 15.4 Å². The molecule has 1 heterocycles. The maximum absolute atomic E-state index is 8.98. The first-order valence-electron chi connectivity index (χ1n) is 6.09. The van der Waals surface area contributed by atoms with Gasteiger partial charge in [-0.25, -0.2) is 4.98 Å². The highest BCUT2D eigenvalue weighted by molar-refractivity contribution is 5.76. The quantitative estimate of drug-likeness (QED) is 0.828. The van der Waals surface area contributed by atoms with Crippen LogP contribution in [-0.2, 0) is 6.54 Å². The number of aryl methyl sites for hydroxylation is 1. The Hall–Kier alpha value is -1.39. The van der Waals surface area contributed by atoms with Crippen molar-refractivity contribution in [3.63, 3.8) is 0 Å². The number of nitrogens with two attached hydrogens (primary N) is 1. The first-order chi connectivity index (χ1) is 8.27. The number of aliphatic hydroxyl groups excluding tert-OH is 1. The van der Waals surface area contributed by atoms with E-state index < -0.39 is 0 Å². The van der Waals surface area contributed by atoms with Crippen molar-refractivity contribution in [2.24, 2.45) is 5.73 Å². The predicted molar refractivity (Wildman–Crippen MR) is 68.7 cm³/mol. The highest BCUT2D eigenvalue weighted by Crippen LogP contribution is 2.21. The highest BCUT2D eigenvalue weighted by atomic mass is 16.3. The average Bonchev–Trinajstić information content (AvgIpc) is 2.70. The molecule has 1 unspecified atom stereocenters. The molecule has 2 aromatic rings. The molecule has 0 saturated carbocycles. The van der Waals surface area contributed by atoms with E-state index in [0.717, 1.165) is 29.8 Å². The molecule has 0 aliphatic rings. The Kier molecular flexibility index (Phi) is 3.76. The van der Waals surface area contributed by atoms with Crippen molar-refractivity contribution in [1.82, 2.24) is 9.55 Å². The molecule has 92 valence electrons. The van der Waals surface area contributed by atoms with Crippen molar-refractivity contribution in [2.75, 3.05) is 6.61 Å². The Labute approximate surface area is 101 Å². The summed E-state index contributed by atoms with van der Waals surface area (Å²) in [7, 11) is 0. The van der Waals surface area contributed by atoms with Gasteiger partial charge >= 0.3 is 0 Å². The molecule has 0 amide bonds. The molecule has 0 spiro atoms. The number of para-hydroxylation sites is 2. The zero-order valence-corrected chi connectivity index (χ0v) is 10.1. The lowest BCUT2D eigenvalue weighted by atomic mass is 10.2. The first-order valence-corrected chi connectivity index (χ1v) is 6.09. The zero-order chi connectivity index (χ0) is 12.3. The van der Waals surface area contributed by atoms with E-state index in [2.05, 4.69) is 22.5 Å². The summed E-state index contributed by atoms with van der Waals surface area (Å²) < 4.78 is 2.16. The van der Waals surface area contributed by atoms with E-state index in [1.807, 2.05) is 18.2 Å². The van der Waals surface area contributed by atoms with Crippen LogP contribution in [0.3, 0.4) is 0 Å². The van der Waals surface area contributed by atoms with Gasteiger partial charge in [0.15, 0.2) is 0 Å². The fourth-order valence-electron chi connectivity index (χ4n) is 2.10. The molecule has 0 aliphatic carbocycles. The van der Waals surface area contributed by atoms with Crippen LogP contribution in [0.1, 0.15) is 31.6 Å². The van der Waals surface area contributed by atoms with Gasteiger partial charge in [-0.05, 0) is 25.0 Å². The number of imidazole rings is 1. The van der Waals surface area contributed by atoms with Crippen LogP contribution in [0.5, 0.6) is 0 Å². The number of aliphatic hydroxyl groups is 1. The molecule has 0 fully saturated rings. The number of hydrogen-bond acceptors (Lipinski definition) is 3. The summed E-state index contributed by atoms with van der Waals surface area (Å²) in [6, 6.07) is 7.85. The van der Waals surface area contributed by atoms with Gasteiger partial charge in [-0.2, -0.15) is 0 Å². The van der Waals surface area contributed by atoms with E-state index in [1.165, 1.54) is 0 Å². The molecule has 0 aliphatic heterocycles. The summed E-state index contributed by atoms with van der Waals surface area (Å²) in [6.07, 6.45) is 1.59. The van der Waals surface area contributed by atoms with Crippen LogP contribution >= 0.6 is 0 Å². The third-order valence-corrected chi connectivity index (χ3v) is 2.90. The van der Waals surface area contributed by atoms with Gasteiger partial charge in [-0.1, -0.05) is 19.1 Å². The van der Waals surface area contributed by atoms with Crippen molar-refractivity contribution < 1.29 is 5.11 Å². The number of benzene rings is 1. The van der Waals surface area contributed by atoms with Crippen molar-refractivity contribution in [3.05, 3.63) is 30.1 Å². The monoisotopic (exact) mass is 233 g/mol. The Morgan fingerprint density at radius 3 is 2.88 bits per heavy atom.